The first kappa shape index (κ1) is 32.2. The fraction of sp³-hybridized carbons (Fsp3) is 0.486. The third-order valence-corrected chi connectivity index (χ3v) is 10.6. The van der Waals surface area contributed by atoms with Crippen LogP contribution in [0.4, 0.5) is 16.0 Å². The monoisotopic (exact) mass is 653 g/mol. The molecule has 1 unspecified atom stereocenters. The number of hydrogen-bond donors (Lipinski definition) is 2. The van der Waals surface area contributed by atoms with E-state index in [1.54, 1.807) is 12.1 Å². The summed E-state index contributed by atoms with van der Waals surface area (Å²) in [6.45, 7) is 8.53. The summed E-state index contributed by atoms with van der Waals surface area (Å²) in [5.41, 5.74) is 3.97. The van der Waals surface area contributed by atoms with Gasteiger partial charge in [0.1, 0.15) is 11.7 Å². The molecule has 10 nitrogen and oxygen atoms in total. The van der Waals surface area contributed by atoms with Gasteiger partial charge in [0, 0.05) is 75.4 Å². The van der Waals surface area contributed by atoms with E-state index in [1.807, 2.05) is 18.5 Å². The molecule has 252 valence electrons. The van der Waals surface area contributed by atoms with Crippen LogP contribution in [0.1, 0.15) is 90.9 Å². The maximum absolute atomic E-state index is 16.3. The summed E-state index contributed by atoms with van der Waals surface area (Å²) >= 11 is 0. The van der Waals surface area contributed by atoms with Gasteiger partial charge in [-0.2, -0.15) is 0 Å². The molecule has 7 rings (SSSR count). The Morgan fingerprint density at radius 3 is 2.33 bits per heavy atom. The summed E-state index contributed by atoms with van der Waals surface area (Å²) in [7, 11) is 0. The molecule has 4 aliphatic heterocycles. The van der Waals surface area contributed by atoms with Crippen LogP contribution in [0.3, 0.4) is 0 Å². The Hall–Kier alpha value is -4.38. The van der Waals surface area contributed by atoms with Gasteiger partial charge in [0.2, 0.25) is 17.8 Å². The number of fused-ring (bicyclic) bond motifs is 1. The summed E-state index contributed by atoms with van der Waals surface area (Å²) in [6.07, 6.45) is 7.14. The normalized spacial score (nSPS) is 21.8. The number of amides is 3. The van der Waals surface area contributed by atoms with E-state index in [0.717, 1.165) is 43.6 Å². The number of benzene rings is 2. The minimum Gasteiger partial charge on any atom is -0.371 e. The second kappa shape index (κ2) is 13.3. The first-order valence-electron chi connectivity index (χ1n) is 17.3. The first-order chi connectivity index (χ1) is 23.1. The Morgan fingerprint density at radius 2 is 1.67 bits per heavy atom. The molecule has 0 bridgehead atoms. The molecule has 5 heterocycles. The second-order valence-corrected chi connectivity index (χ2v) is 14.1. The fourth-order valence-electron chi connectivity index (χ4n) is 7.45. The molecule has 48 heavy (non-hydrogen) atoms. The summed E-state index contributed by atoms with van der Waals surface area (Å²) in [4.78, 5) is 52.3. The van der Waals surface area contributed by atoms with Crippen molar-refractivity contribution in [2.24, 2.45) is 0 Å². The minimum atomic E-state index is -1.47. The van der Waals surface area contributed by atoms with Crippen molar-refractivity contribution >= 4 is 29.4 Å². The molecule has 3 fully saturated rings. The van der Waals surface area contributed by atoms with E-state index in [-0.39, 0.29) is 24.8 Å². The van der Waals surface area contributed by atoms with Crippen LogP contribution in [0.5, 0.6) is 0 Å². The van der Waals surface area contributed by atoms with Gasteiger partial charge in [0.25, 0.3) is 5.91 Å². The predicted molar refractivity (Wildman–Crippen MR) is 181 cm³/mol. The van der Waals surface area contributed by atoms with Gasteiger partial charge < -0.3 is 15.1 Å². The summed E-state index contributed by atoms with van der Waals surface area (Å²) in [5.74, 6) is 0.129. The van der Waals surface area contributed by atoms with E-state index in [0.29, 0.717) is 61.4 Å². The molecule has 0 spiro atoms. The van der Waals surface area contributed by atoms with Crippen molar-refractivity contribution in [2.45, 2.75) is 89.1 Å². The van der Waals surface area contributed by atoms with Gasteiger partial charge in [0.05, 0.1) is 0 Å². The molecule has 4 aliphatic rings. The highest BCUT2D eigenvalue weighted by Gasteiger charge is 2.41. The van der Waals surface area contributed by atoms with Crippen LogP contribution in [-0.2, 0) is 28.3 Å². The molecule has 3 aromatic rings. The summed E-state index contributed by atoms with van der Waals surface area (Å²) < 4.78 is 16.3. The molecular formula is C37H44FN7O3. The number of halogens is 1. The maximum Gasteiger partial charge on any atom is 0.255 e. The van der Waals surface area contributed by atoms with Gasteiger partial charge in [-0.3, -0.25) is 24.6 Å². The molecule has 0 saturated carbocycles. The zero-order valence-electron chi connectivity index (χ0n) is 27.8. The van der Waals surface area contributed by atoms with Crippen molar-refractivity contribution in [3.8, 4) is 0 Å². The largest absolute Gasteiger partial charge is 0.371 e. The van der Waals surface area contributed by atoms with E-state index < -0.39 is 17.6 Å². The lowest BCUT2D eigenvalue weighted by Crippen LogP contribution is -2.52. The molecular weight excluding hydrogens is 609 g/mol. The highest BCUT2D eigenvalue weighted by Crippen LogP contribution is 2.40. The van der Waals surface area contributed by atoms with Crippen LogP contribution in [-0.4, -0.2) is 75.8 Å². The van der Waals surface area contributed by atoms with Crippen LogP contribution >= 0.6 is 0 Å². The quantitative estimate of drug-likeness (QED) is 0.331. The number of nitrogens with one attached hydrogen (secondary N) is 2. The van der Waals surface area contributed by atoms with Crippen LogP contribution < -0.4 is 15.5 Å². The van der Waals surface area contributed by atoms with Crippen LogP contribution in [0.15, 0.2) is 54.9 Å². The smallest absolute Gasteiger partial charge is 0.255 e. The van der Waals surface area contributed by atoms with Gasteiger partial charge in [-0.15, -0.1) is 0 Å². The van der Waals surface area contributed by atoms with Crippen molar-refractivity contribution in [2.75, 3.05) is 36.4 Å². The van der Waals surface area contributed by atoms with Gasteiger partial charge in [-0.05, 0) is 78.5 Å². The maximum atomic E-state index is 16.3. The Labute approximate surface area is 281 Å². The molecule has 11 heteroatoms. The van der Waals surface area contributed by atoms with E-state index in [2.05, 4.69) is 68.5 Å². The Morgan fingerprint density at radius 1 is 0.958 bits per heavy atom. The first-order valence-corrected chi connectivity index (χ1v) is 17.3. The number of hydrogen-bond acceptors (Lipinski definition) is 8. The molecule has 0 radical (unpaired) electrons. The standard InChI is InChI=1S/C37H44FN7O3/c1-24(2)27-20-39-36(40-21-27)41-29-11-15-44(16-12-29)30-6-3-25(4-7-30)22-43-17-13-37(38,14-18-43)28-5-8-31-26(19-28)23-45(35(31)48)32-9-10-33(46)42-34(32)47/h3-8,19-21,24,29,32H,9-18,22-23H2,1-2H3,(H,39,40,41)(H,42,46,47). The third kappa shape index (κ3) is 6.65. The number of piperidine rings is 3. The van der Waals surface area contributed by atoms with Crippen molar-refractivity contribution in [3.05, 3.63) is 82.7 Å². The molecule has 2 N–H and O–H groups in total. The lowest BCUT2D eigenvalue weighted by atomic mass is 9.84. The number of alkyl halides is 1. The number of imide groups is 1. The number of aromatic nitrogens is 2. The number of likely N-dealkylation sites (tertiary alicyclic amines) is 1. The van der Waals surface area contributed by atoms with Gasteiger partial charge in [-0.25, -0.2) is 14.4 Å². The molecule has 1 atom stereocenters. The average Bonchev–Trinajstić information content (AvgIpc) is 3.42. The van der Waals surface area contributed by atoms with E-state index in [1.165, 1.54) is 16.2 Å². The summed E-state index contributed by atoms with van der Waals surface area (Å²) in [5, 5.41) is 5.83. The Kier molecular flexibility index (Phi) is 8.89. The molecule has 3 saturated heterocycles. The second-order valence-electron chi connectivity index (χ2n) is 14.1. The molecule has 2 aromatic carbocycles. The zero-order valence-corrected chi connectivity index (χ0v) is 27.8. The van der Waals surface area contributed by atoms with E-state index >= 15 is 4.39 Å². The molecule has 1 aromatic heterocycles. The number of carbonyl (C=O) groups is 3. The SMILES string of the molecule is CC(C)c1cnc(NC2CCN(c3ccc(CN4CCC(F)(c5ccc6c(c5)CN(C5CCC(=O)NC5=O)C6=O)CC4)cc3)CC2)nc1. The minimum absolute atomic E-state index is 0.207. The highest BCUT2D eigenvalue weighted by atomic mass is 19.1. The number of nitrogens with zero attached hydrogens (tertiary/aromatic N) is 5. The van der Waals surface area contributed by atoms with Gasteiger partial charge in [0.15, 0.2) is 0 Å². The van der Waals surface area contributed by atoms with Crippen molar-refractivity contribution < 1.29 is 18.8 Å². The highest BCUT2D eigenvalue weighted by molar-refractivity contribution is 6.05. The van der Waals surface area contributed by atoms with Crippen molar-refractivity contribution in [3.63, 3.8) is 0 Å². The lowest BCUT2D eigenvalue weighted by molar-refractivity contribution is -0.136. The topological polar surface area (TPSA) is 111 Å². The number of anilines is 2. The number of rotatable bonds is 8. The molecule has 0 aliphatic carbocycles. The lowest BCUT2D eigenvalue weighted by Gasteiger charge is -2.37. The van der Waals surface area contributed by atoms with Crippen LogP contribution in [0.25, 0.3) is 0 Å². The van der Waals surface area contributed by atoms with Crippen LogP contribution in [0, 0.1) is 0 Å². The Balaban J connectivity index is 0.890. The third-order valence-electron chi connectivity index (χ3n) is 10.6. The fourth-order valence-corrected chi connectivity index (χ4v) is 7.45. The van der Waals surface area contributed by atoms with Gasteiger partial charge >= 0.3 is 0 Å². The summed E-state index contributed by atoms with van der Waals surface area (Å²) in [6, 6.07) is 13.7. The average molecular weight is 654 g/mol. The van der Waals surface area contributed by atoms with E-state index in [9.17, 15) is 14.4 Å². The van der Waals surface area contributed by atoms with Gasteiger partial charge in [-0.1, -0.05) is 38.1 Å². The zero-order chi connectivity index (χ0) is 33.4. The molecule has 3 amide bonds. The number of carbonyl (C=O) groups excluding carboxylic acids is 3. The predicted octanol–water partition coefficient (Wildman–Crippen LogP) is 4.90. The Bertz CT molecular complexity index is 1660. The van der Waals surface area contributed by atoms with Crippen molar-refractivity contribution in [1.82, 2.24) is 25.1 Å². The van der Waals surface area contributed by atoms with E-state index in [4.69, 9.17) is 0 Å². The van der Waals surface area contributed by atoms with Crippen LogP contribution in [0.2, 0.25) is 0 Å². The van der Waals surface area contributed by atoms with Crippen molar-refractivity contribution in [1.29, 1.82) is 0 Å².